The van der Waals surface area contributed by atoms with E-state index in [9.17, 15) is 8.78 Å². The Morgan fingerprint density at radius 2 is 2.16 bits per heavy atom. The third kappa shape index (κ3) is 4.19. The summed E-state index contributed by atoms with van der Waals surface area (Å²) in [7, 11) is 1.74. The van der Waals surface area contributed by atoms with E-state index in [-0.39, 0.29) is 11.4 Å². The lowest BCUT2D eigenvalue weighted by Crippen LogP contribution is -2.47. The van der Waals surface area contributed by atoms with Crippen molar-refractivity contribution in [3.05, 3.63) is 23.7 Å². The van der Waals surface area contributed by atoms with Crippen molar-refractivity contribution in [3.63, 3.8) is 0 Å². The minimum absolute atomic E-state index is 0.0129. The lowest BCUT2D eigenvalue weighted by molar-refractivity contribution is -0.0697. The van der Waals surface area contributed by atoms with Crippen LogP contribution in [0.1, 0.15) is 30.8 Å². The van der Waals surface area contributed by atoms with Gasteiger partial charge in [0, 0.05) is 13.7 Å². The average Bonchev–Trinajstić information content (AvgIpc) is 2.78. The monoisotopic (exact) mass is 291 g/mol. The van der Waals surface area contributed by atoms with Crippen LogP contribution in [0.15, 0.2) is 16.5 Å². The third-order valence-corrected chi connectivity index (χ3v) is 4.22. The summed E-state index contributed by atoms with van der Waals surface area (Å²) in [5, 5.41) is 3.30. The Kier molecular flexibility index (Phi) is 5.24. The fourth-order valence-corrected chi connectivity index (χ4v) is 2.62. The van der Waals surface area contributed by atoms with Crippen molar-refractivity contribution < 1.29 is 17.9 Å². The molecule has 0 saturated heterocycles. The van der Waals surface area contributed by atoms with Gasteiger partial charge in [0.05, 0.1) is 17.9 Å². The highest BCUT2D eigenvalue weighted by atomic mass is 32.2. The molecule has 0 aromatic carbocycles. The lowest BCUT2D eigenvalue weighted by Gasteiger charge is -2.40. The minimum Gasteiger partial charge on any atom is -0.464 e. The van der Waals surface area contributed by atoms with Crippen LogP contribution in [0.25, 0.3) is 0 Å². The SMILES string of the molecule is COC1(CNCc2ccc(CSC(F)F)o2)CCC1. The van der Waals surface area contributed by atoms with E-state index in [0.717, 1.165) is 25.1 Å². The van der Waals surface area contributed by atoms with Gasteiger partial charge in [-0.2, -0.15) is 8.78 Å². The molecule has 108 valence electrons. The second-order valence-electron chi connectivity index (χ2n) is 4.78. The summed E-state index contributed by atoms with van der Waals surface area (Å²) in [6, 6.07) is 3.58. The molecule has 1 saturated carbocycles. The topological polar surface area (TPSA) is 34.4 Å². The Morgan fingerprint density at radius 3 is 2.74 bits per heavy atom. The van der Waals surface area contributed by atoms with E-state index < -0.39 is 5.76 Å². The molecule has 0 aliphatic heterocycles. The van der Waals surface area contributed by atoms with E-state index in [1.54, 1.807) is 13.2 Å². The third-order valence-electron chi connectivity index (χ3n) is 3.51. The zero-order valence-corrected chi connectivity index (χ0v) is 11.8. The molecular weight excluding hydrogens is 272 g/mol. The van der Waals surface area contributed by atoms with Crippen LogP contribution in [0.4, 0.5) is 8.78 Å². The number of hydrogen-bond acceptors (Lipinski definition) is 4. The molecule has 0 unspecified atom stereocenters. The van der Waals surface area contributed by atoms with Gasteiger partial charge < -0.3 is 14.5 Å². The first-order valence-electron chi connectivity index (χ1n) is 6.37. The number of methoxy groups -OCH3 is 1. The van der Waals surface area contributed by atoms with Crippen LogP contribution in [0.5, 0.6) is 0 Å². The second kappa shape index (κ2) is 6.72. The normalized spacial score (nSPS) is 17.7. The number of halogens is 2. The highest BCUT2D eigenvalue weighted by molar-refractivity contribution is 7.98. The van der Waals surface area contributed by atoms with Crippen LogP contribution in [-0.4, -0.2) is 25.0 Å². The van der Waals surface area contributed by atoms with Crippen LogP contribution in [0.3, 0.4) is 0 Å². The number of hydrogen-bond donors (Lipinski definition) is 1. The summed E-state index contributed by atoms with van der Waals surface area (Å²) >= 11 is 0.575. The maximum absolute atomic E-state index is 12.0. The Hall–Kier alpha value is -0.590. The number of ether oxygens (including phenoxy) is 1. The van der Waals surface area contributed by atoms with Crippen LogP contribution in [0.2, 0.25) is 0 Å². The molecule has 1 aliphatic rings. The fourth-order valence-electron chi connectivity index (χ4n) is 2.18. The van der Waals surface area contributed by atoms with E-state index in [0.29, 0.717) is 24.1 Å². The number of rotatable bonds is 8. The maximum atomic E-state index is 12.0. The minimum atomic E-state index is -2.35. The van der Waals surface area contributed by atoms with E-state index in [4.69, 9.17) is 9.15 Å². The number of furan rings is 1. The Morgan fingerprint density at radius 1 is 1.42 bits per heavy atom. The highest BCUT2D eigenvalue weighted by Gasteiger charge is 2.36. The molecule has 2 rings (SSSR count). The summed E-state index contributed by atoms with van der Waals surface area (Å²) in [6.45, 7) is 1.40. The van der Waals surface area contributed by atoms with Crippen molar-refractivity contribution in [2.75, 3.05) is 13.7 Å². The van der Waals surface area contributed by atoms with Gasteiger partial charge in [0.25, 0.3) is 5.76 Å². The molecule has 1 fully saturated rings. The molecule has 6 heteroatoms. The molecule has 3 nitrogen and oxygen atoms in total. The van der Waals surface area contributed by atoms with E-state index in [1.165, 1.54) is 6.42 Å². The molecule has 1 N–H and O–H groups in total. The summed E-state index contributed by atoms with van der Waals surface area (Å²) in [4.78, 5) is 0. The summed E-state index contributed by atoms with van der Waals surface area (Å²) in [5.41, 5.74) is -0.0129. The van der Waals surface area contributed by atoms with Crippen LogP contribution in [-0.2, 0) is 17.0 Å². The molecule has 0 bridgehead atoms. The lowest BCUT2D eigenvalue weighted by atomic mass is 9.80. The number of alkyl halides is 2. The van der Waals surface area contributed by atoms with Gasteiger partial charge >= 0.3 is 0 Å². The van der Waals surface area contributed by atoms with E-state index in [2.05, 4.69) is 5.32 Å². The first kappa shape index (κ1) is 14.8. The molecular formula is C13H19F2NO2S. The van der Waals surface area contributed by atoms with Gasteiger partial charge in [-0.25, -0.2) is 0 Å². The molecule has 0 radical (unpaired) electrons. The molecule has 1 aliphatic carbocycles. The van der Waals surface area contributed by atoms with Gasteiger partial charge in [0.2, 0.25) is 0 Å². The molecule has 1 aromatic rings. The molecule has 0 amide bonds. The molecule has 1 aromatic heterocycles. The highest BCUT2D eigenvalue weighted by Crippen LogP contribution is 2.34. The van der Waals surface area contributed by atoms with Crippen molar-refractivity contribution in [1.82, 2.24) is 5.32 Å². The standard InChI is InChI=1S/C13H19F2NO2S/c1-17-13(5-2-6-13)9-16-7-10-3-4-11(18-10)8-19-12(14)15/h3-4,12,16H,2,5-9H2,1H3. The van der Waals surface area contributed by atoms with Gasteiger partial charge in [-0.1, -0.05) is 11.8 Å². The van der Waals surface area contributed by atoms with Crippen LogP contribution in [0, 0.1) is 0 Å². The molecule has 0 spiro atoms. The Balaban J connectivity index is 1.71. The fraction of sp³-hybridized carbons (Fsp3) is 0.692. The van der Waals surface area contributed by atoms with Crippen LogP contribution < -0.4 is 5.32 Å². The summed E-state index contributed by atoms with van der Waals surface area (Å²) in [6.07, 6.45) is 3.39. The average molecular weight is 291 g/mol. The Labute approximate surface area is 116 Å². The molecule has 1 heterocycles. The van der Waals surface area contributed by atoms with Gasteiger partial charge in [-0.3, -0.25) is 0 Å². The van der Waals surface area contributed by atoms with Gasteiger partial charge in [0.1, 0.15) is 11.5 Å². The number of thioether (sulfide) groups is 1. The molecule has 19 heavy (non-hydrogen) atoms. The zero-order valence-electron chi connectivity index (χ0n) is 11.0. The predicted octanol–water partition coefficient (Wildman–Crippen LogP) is 3.39. The largest absolute Gasteiger partial charge is 0.464 e. The van der Waals surface area contributed by atoms with Gasteiger partial charge in [-0.05, 0) is 31.4 Å². The molecule has 0 atom stereocenters. The smallest absolute Gasteiger partial charge is 0.284 e. The van der Waals surface area contributed by atoms with Crippen molar-refractivity contribution in [2.45, 2.75) is 42.9 Å². The predicted molar refractivity (Wildman–Crippen MR) is 71.3 cm³/mol. The van der Waals surface area contributed by atoms with Crippen molar-refractivity contribution in [3.8, 4) is 0 Å². The van der Waals surface area contributed by atoms with E-state index >= 15 is 0 Å². The van der Waals surface area contributed by atoms with Gasteiger partial charge in [0.15, 0.2) is 0 Å². The number of nitrogens with one attached hydrogen (secondary N) is 1. The van der Waals surface area contributed by atoms with E-state index in [1.807, 2.05) is 6.07 Å². The summed E-state index contributed by atoms with van der Waals surface area (Å²) in [5.74, 6) is -0.783. The summed E-state index contributed by atoms with van der Waals surface area (Å²) < 4.78 is 35.1. The quantitative estimate of drug-likeness (QED) is 0.796. The first-order chi connectivity index (χ1) is 9.13. The first-order valence-corrected chi connectivity index (χ1v) is 7.42. The van der Waals surface area contributed by atoms with Crippen molar-refractivity contribution >= 4 is 11.8 Å². The van der Waals surface area contributed by atoms with Gasteiger partial charge in [-0.15, -0.1) is 0 Å². The Bertz CT molecular complexity index is 388. The van der Waals surface area contributed by atoms with Crippen LogP contribution >= 0.6 is 11.8 Å². The second-order valence-corrected chi connectivity index (χ2v) is 5.76. The zero-order chi connectivity index (χ0) is 13.7. The van der Waals surface area contributed by atoms with Crippen molar-refractivity contribution in [1.29, 1.82) is 0 Å². The van der Waals surface area contributed by atoms with Crippen molar-refractivity contribution in [2.24, 2.45) is 0 Å². The maximum Gasteiger partial charge on any atom is 0.284 e.